The van der Waals surface area contributed by atoms with Gasteiger partial charge in [-0.05, 0) is 29.6 Å². The second kappa shape index (κ2) is 6.41. The molecule has 126 valence electrons. The van der Waals surface area contributed by atoms with Gasteiger partial charge in [-0.25, -0.2) is 4.39 Å². The lowest BCUT2D eigenvalue weighted by Gasteiger charge is -2.06. The quantitative estimate of drug-likeness (QED) is 0.552. The number of thiol groups is 1. The molecule has 0 radical (unpaired) electrons. The lowest BCUT2D eigenvalue weighted by atomic mass is 10.2. The highest BCUT2D eigenvalue weighted by Gasteiger charge is 2.24. The molecule has 1 aromatic carbocycles. The first-order valence-electron chi connectivity index (χ1n) is 7.34. The minimum atomic E-state index is -0.516. The first kappa shape index (κ1) is 16.0. The van der Waals surface area contributed by atoms with Crippen LogP contribution in [0.2, 0.25) is 0 Å². The van der Waals surface area contributed by atoms with Gasteiger partial charge in [-0.2, -0.15) is 17.6 Å². The Labute approximate surface area is 151 Å². The van der Waals surface area contributed by atoms with E-state index < -0.39 is 5.25 Å². The number of benzene rings is 1. The molecule has 0 spiro atoms. The van der Waals surface area contributed by atoms with E-state index in [9.17, 15) is 4.39 Å². The maximum Gasteiger partial charge on any atom is 0.258 e. The summed E-state index contributed by atoms with van der Waals surface area (Å²) >= 11 is 6.14. The zero-order valence-electron chi connectivity index (χ0n) is 13.0. The second-order valence-corrected chi connectivity index (χ2v) is 6.75. The van der Waals surface area contributed by atoms with Crippen LogP contribution in [-0.2, 0) is 7.05 Å². The summed E-state index contributed by atoms with van der Waals surface area (Å²) in [4.78, 5) is 5.32. The minimum absolute atomic E-state index is 0.231. The fourth-order valence-electron chi connectivity index (χ4n) is 2.40. The number of hydrogen-bond donors (Lipinski definition) is 1. The summed E-state index contributed by atoms with van der Waals surface area (Å²) < 4.78 is 20.4. The van der Waals surface area contributed by atoms with Crippen LogP contribution in [0, 0.1) is 5.82 Å². The predicted octanol–water partition coefficient (Wildman–Crippen LogP) is 3.75. The summed E-state index contributed by atoms with van der Waals surface area (Å²) in [6, 6.07) is 9.91. The van der Waals surface area contributed by atoms with Gasteiger partial charge in [0.2, 0.25) is 0 Å². The summed E-state index contributed by atoms with van der Waals surface area (Å²) in [6.45, 7) is 0. The van der Waals surface area contributed by atoms with E-state index in [1.807, 2.05) is 29.1 Å². The maximum absolute atomic E-state index is 13.3. The summed E-state index contributed by atoms with van der Waals surface area (Å²) in [5.41, 5.74) is 0.511. The van der Waals surface area contributed by atoms with Gasteiger partial charge < -0.3 is 9.09 Å². The van der Waals surface area contributed by atoms with Gasteiger partial charge in [0.1, 0.15) is 11.1 Å². The van der Waals surface area contributed by atoms with Crippen molar-refractivity contribution in [2.45, 2.75) is 5.25 Å². The molecule has 0 amide bonds. The smallest absolute Gasteiger partial charge is 0.258 e. The molecule has 0 saturated carbocycles. The molecule has 1 unspecified atom stereocenters. The Kier molecular flexibility index (Phi) is 4.10. The third kappa shape index (κ3) is 2.96. The van der Waals surface area contributed by atoms with Crippen LogP contribution in [0.4, 0.5) is 4.39 Å². The largest absolute Gasteiger partial charge is 0.334 e. The van der Waals surface area contributed by atoms with Crippen LogP contribution < -0.4 is 0 Å². The first-order valence-corrected chi connectivity index (χ1v) is 8.74. The number of halogens is 1. The van der Waals surface area contributed by atoms with Gasteiger partial charge in [-0.15, -0.1) is 21.5 Å². The molecule has 1 atom stereocenters. The summed E-state index contributed by atoms with van der Waals surface area (Å²) in [5.74, 6) is 1.55. The van der Waals surface area contributed by atoms with Crippen LogP contribution in [0.25, 0.3) is 22.2 Å². The van der Waals surface area contributed by atoms with Crippen molar-refractivity contribution in [1.82, 2.24) is 24.9 Å². The number of nitrogens with zero attached hydrogens (tertiary/aromatic N) is 5. The number of rotatable bonds is 4. The van der Waals surface area contributed by atoms with Crippen molar-refractivity contribution < 1.29 is 8.91 Å². The van der Waals surface area contributed by atoms with Crippen molar-refractivity contribution in [3.8, 4) is 22.2 Å². The monoisotopic (exact) mass is 373 g/mol. The molecule has 6 nitrogen and oxygen atoms in total. The predicted molar refractivity (Wildman–Crippen MR) is 94.8 cm³/mol. The Morgan fingerprint density at radius 1 is 1.24 bits per heavy atom. The van der Waals surface area contributed by atoms with E-state index in [-0.39, 0.29) is 11.7 Å². The molecule has 0 aliphatic rings. The molecule has 0 N–H and O–H groups in total. The highest BCUT2D eigenvalue weighted by Crippen LogP contribution is 2.30. The van der Waals surface area contributed by atoms with Crippen LogP contribution in [0.1, 0.15) is 16.9 Å². The summed E-state index contributed by atoms with van der Waals surface area (Å²) in [7, 11) is 1.86. The Morgan fingerprint density at radius 2 is 2.12 bits per heavy atom. The van der Waals surface area contributed by atoms with E-state index in [2.05, 4.69) is 33.0 Å². The third-order valence-corrected chi connectivity index (χ3v) is 4.98. The summed E-state index contributed by atoms with van der Waals surface area (Å²) in [6.07, 6.45) is 0. The fraction of sp³-hybridized carbons (Fsp3) is 0.125. The standard InChI is InChI=1S/C16H12FN5OS2/c1-22-14(11-6-3-7-25-11)19-20-15(22)12(24)13-18-16(23-21-13)9-4-2-5-10(17)8-9/h2-8,12,24H,1H3. The normalized spacial score (nSPS) is 12.4. The Balaban J connectivity index is 1.65. The van der Waals surface area contributed by atoms with E-state index in [1.165, 1.54) is 12.1 Å². The van der Waals surface area contributed by atoms with Crippen molar-refractivity contribution in [2.75, 3.05) is 0 Å². The molecule has 25 heavy (non-hydrogen) atoms. The van der Waals surface area contributed by atoms with Gasteiger partial charge in [-0.1, -0.05) is 17.3 Å². The average Bonchev–Trinajstić information content (AvgIpc) is 3.35. The van der Waals surface area contributed by atoms with E-state index in [0.717, 1.165) is 10.7 Å². The molecule has 0 fully saturated rings. The van der Waals surface area contributed by atoms with Crippen LogP contribution in [0.3, 0.4) is 0 Å². The molecule has 4 aromatic rings. The van der Waals surface area contributed by atoms with Crippen molar-refractivity contribution >= 4 is 24.0 Å². The fourth-order valence-corrected chi connectivity index (χ4v) is 3.47. The summed E-state index contributed by atoms with van der Waals surface area (Å²) in [5, 5.41) is 13.8. The van der Waals surface area contributed by atoms with E-state index in [0.29, 0.717) is 17.2 Å². The number of hydrogen-bond acceptors (Lipinski definition) is 7. The highest BCUT2D eigenvalue weighted by molar-refractivity contribution is 7.80. The molecular weight excluding hydrogens is 361 g/mol. The molecule has 3 heterocycles. The van der Waals surface area contributed by atoms with Gasteiger partial charge in [-0.3, -0.25) is 0 Å². The van der Waals surface area contributed by atoms with E-state index in [1.54, 1.807) is 23.5 Å². The zero-order chi connectivity index (χ0) is 17.4. The molecule has 4 rings (SSSR count). The number of aromatic nitrogens is 5. The molecule has 9 heteroatoms. The molecule has 0 aliphatic heterocycles. The average molecular weight is 373 g/mol. The molecule has 0 bridgehead atoms. The SMILES string of the molecule is Cn1c(-c2cccs2)nnc1C(S)c1noc(-c2cccc(F)c2)n1. The van der Waals surface area contributed by atoms with E-state index in [4.69, 9.17) is 4.52 Å². The van der Waals surface area contributed by atoms with E-state index >= 15 is 0 Å². The van der Waals surface area contributed by atoms with Gasteiger partial charge in [0, 0.05) is 12.6 Å². The van der Waals surface area contributed by atoms with Gasteiger partial charge >= 0.3 is 0 Å². The Morgan fingerprint density at radius 3 is 2.88 bits per heavy atom. The van der Waals surface area contributed by atoms with Crippen LogP contribution >= 0.6 is 24.0 Å². The van der Waals surface area contributed by atoms with Crippen molar-refractivity contribution in [3.05, 3.63) is 59.2 Å². The first-order chi connectivity index (χ1) is 12.1. The van der Waals surface area contributed by atoms with Crippen LogP contribution in [0.5, 0.6) is 0 Å². The molecular formula is C16H12FN5OS2. The topological polar surface area (TPSA) is 69.6 Å². The van der Waals surface area contributed by atoms with Gasteiger partial charge in [0.25, 0.3) is 5.89 Å². The second-order valence-electron chi connectivity index (χ2n) is 5.29. The molecule has 3 aromatic heterocycles. The third-order valence-electron chi connectivity index (χ3n) is 3.65. The Bertz CT molecular complexity index is 1010. The zero-order valence-corrected chi connectivity index (χ0v) is 14.7. The minimum Gasteiger partial charge on any atom is -0.334 e. The van der Waals surface area contributed by atoms with Crippen LogP contribution in [0.15, 0.2) is 46.3 Å². The number of thiophene rings is 1. The van der Waals surface area contributed by atoms with Gasteiger partial charge in [0.15, 0.2) is 17.5 Å². The van der Waals surface area contributed by atoms with Gasteiger partial charge in [0.05, 0.1) is 4.88 Å². The van der Waals surface area contributed by atoms with Crippen LogP contribution in [-0.4, -0.2) is 24.9 Å². The molecule has 0 aliphatic carbocycles. The van der Waals surface area contributed by atoms with Crippen molar-refractivity contribution in [1.29, 1.82) is 0 Å². The highest BCUT2D eigenvalue weighted by atomic mass is 32.1. The Hall–Kier alpha value is -2.52. The van der Waals surface area contributed by atoms with Crippen molar-refractivity contribution in [2.24, 2.45) is 7.05 Å². The van der Waals surface area contributed by atoms with Crippen molar-refractivity contribution in [3.63, 3.8) is 0 Å². The lowest BCUT2D eigenvalue weighted by molar-refractivity contribution is 0.422. The maximum atomic E-state index is 13.3. The molecule has 0 saturated heterocycles. The lowest BCUT2D eigenvalue weighted by Crippen LogP contribution is -2.05.